The van der Waals surface area contributed by atoms with Crippen LogP contribution < -0.4 is 5.32 Å². The summed E-state index contributed by atoms with van der Waals surface area (Å²) in [5.41, 5.74) is 2.09. The molecule has 0 atom stereocenters. The van der Waals surface area contributed by atoms with E-state index in [-0.39, 0.29) is 18.3 Å². The van der Waals surface area contributed by atoms with Crippen LogP contribution in [0.2, 0.25) is 4.34 Å². The zero-order valence-corrected chi connectivity index (χ0v) is 13.9. The van der Waals surface area contributed by atoms with Gasteiger partial charge in [0.15, 0.2) is 0 Å². The molecule has 0 aliphatic carbocycles. The summed E-state index contributed by atoms with van der Waals surface area (Å²) >= 11 is 7.34. The topological polar surface area (TPSA) is 68.0 Å². The standard InChI is InChI=1S/C16H14ClN3O2S/c1-10-2-4-11(5-3-10)8-14(21)18-16-20-19-15(22-16)9-12-6-7-13(17)23-12/h2-7H,8-9H2,1H3,(H,18,20,21). The summed E-state index contributed by atoms with van der Waals surface area (Å²) in [5.74, 6) is 0.248. The van der Waals surface area contributed by atoms with Crippen LogP contribution in [0.5, 0.6) is 0 Å². The van der Waals surface area contributed by atoms with Gasteiger partial charge in [-0.3, -0.25) is 10.1 Å². The molecular weight excluding hydrogens is 334 g/mol. The summed E-state index contributed by atoms with van der Waals surface area (Å²) in [5, 5.41) is 10.4. The van der Waals surface area contributed by atoms with Gasteiger partial charge in [0.05, 0.1) is 17.2 Å². The number of anilines is 1. The number of aromatic nitrogens is 2. The lowest BCUT2D eigenvalue weighted by Crippen LogP contribution is -2.14. The number of nitrogens with zero attached hydrogens (tertiary/aromatic N) is 2. The summed E-state index contributed by atoms with van der Waals surface area (Å²) in [4.78, 5) is 13.0. The molecule has 0 saturated heterocycles. The molecule has 0 aliphatic heterocycles. The van der Waals surface area contributed by atoms with Crippen LogP contribution >= 0.6 is 22.9 Å². The number of thiophene rings is 1. The Labute approximate surface area is 142 Å². The lowest BCUT2D eigenvalue weighted by molar-refractivity contribution is -0.115. The molecule has 5 nitrogen and oxygen atoms in total. The van der Waals surface area contributed by atoms with Crippen LogP contribution in [0.15, 0.2) is 40.8 Å². The van der Waals surface area contributed by atoms with E-state index in [1.165, 1.54) is 11.3 Å². The maximum Gasteiger partial charge on any atom is 0.322 e. The Morgan fingerprint density at radius 2 is 2.00 bits per heavy atom. The van der Waals surface area contributed by atoms with Crippen molar-refractivity contribution in [1.29, 1.82) is 0 Å². The predicted octanol–water partition coefficient (Wildman–Crippen LogP) is 3.86. The highest BCUT2D eigenvalue weighted by molar-refractivity contribution is 7.16. The Balaban J connectivity index is 1.57. The molecule has 2 heterocycles. The third-order valence-electron chi connectivity index (χ3n) is 3.15. The molecular formula is C16H14ClN3O2S. The lowest BCUT2D eigenvalue weighted by Gasteiger charge is -2.01. The molecule has 0 fully saturated rings. The Morgan fingerprint density at radius 3 is 2.70 bits per heavy atom. The number of hydrogen-bond donors (Lipinski definition) is 1. The predicted molar refractivity (Wildman–Crippen MR) is 89.9 cm³/mol. The molecule has 2 aromatic heterocycles. The van der Waals surface area contributed by atoms with Crippen molar-refractivity contribution in [2.75, 3.05) is 5.32 Å². The summed E-state index contributed by atoms with van der Waals surface area (Å²) in [7, 11) is 0. The monoisotopic (exact) mass is 347 g/mol. The van der Waals surface area contributed by atoms with Crippen LogP contribution in [-0.2, 0) is 17.6 Å². The molecule has 0 unspecified atom stereocenters. The maximum atomic E-state index is 12.0. The third-order valence-corrected chi connectivity index (χ3v) is 4.38. The number of hydrogen-bond acceptors (Lipinski definition) is 5. The van der Waals surface area contributed by atoms with Gasteiger partial charge in [-0.15, -0.1) is 16.4 Å². The first kappa shape index (κ1) is 15.7. The van der Waals surface area contributed by atoms with Crippen molar-refractivity contribution in [3.05, 3.63) is 62.6 Å². The molecule has 3 rings (SSSR count). The largest absolute Gasteiger partial charge is 0.407 e. The molecule has 0 spiro atoms. The highest BCUT2D eigenvalue weighted by Gasteiger charge is 2.11. The molecule has 0 aliphatic rings. The number of halogens is 1. The van der Waals surface area contributed by atoms with Gasteiger partial charge in [0.25, 0.3) is 0 Å². The van der Waals surface area contributed by atoms with Crippen LogP contribution in [0.4, 0.5) is 6.01 Å². The van der Waals surface area contributed by atoms with Crippen molar-refractivity contribution in [1.82, 2.24) is 10.2 Å². The molecule has 1 N–H and O–H groups in total. The molecule has 23 heavy (non-hydrogen) atoms. The van der Waals surface area contributed by atoms with Gasteiger partial charge in [-0.2, -0.15) is 0 Å². The van der Waals surface area contributed by atoms with Gasteiger partial charge in [-0.1, -0.05) is 46.5 Å². The minimum atomic E-state index is -0.191. The van der Waals surface area contributed by atoms with Crippen LogP contribution in [-0.4, -0.2) is 16.1 Å². The van der Waals surface area contributed by atoms with Crippen molar-refractivity contribution < 1.29 is 9.21 Å². The normalized spacial score (nSPS) is 10.7. The van der Waals surface area contributed by atoms with E-state index in [0.29, 0.717) is 16.6 Å². The second-order valence-electron chi connectivity index (χ2n) is 5.09. The van der Waals surface area contributed by atoms with Gasteiger partial charge in [-0.05, 0) is 24.6 Å². The molecule has 1 amide bonds. The lowest BCUT2D eigenvalue weighted by atomic mass is 10.1. The van der Waals surface area contributed by atoms with E-state index >= 15 is 0 Å². The highest BCUT2D eigenvalue weighted by atomic mass is 35.5. The van der Waals surface area contributed by atoms with Crippen LogP contribution in [0.25, 0.3) is 0 Å². The van der Waals surface area contributed by atoms with Crippen molar-refractivity contribution in [3.8, 4) is 0 Å². The first-order valence-electron chi connectivity index (χ1n) is 7.00. The molecule has 0 saturated carbocycles. The smallest absolute Gasteiger partial charge is 0.322 e. The third kappa shape index (κ3) is 4.40. The Hall–Kier alpha value is -2.18. The maximum absolute atomic E-state index is 12.0. The molecule has 1 aromatic carbocycles. The van der Waals surface area contributed by atoms with E-state index in [4.69, 9.17) is 16.0 Å². The van der Waals surface area contributed by atoms with E-state index in [0.717, 1.165) is 16.0 Å². The first-order chi connectivity index (χ1) is 11.1. The zero-order chi connectivity index (χ0) is 16.2. The van der Waals surface area contributed by atoms with Crippen molar-refractivity contribution >= 4 is 34.9 Å². The molecule has 7 heteroatoms. The van der Waals surface area contributed by atoms with E-state index in [1.54, 1.807) is 0 Å². The van der Waals surface area contributed by atoms with Gasteiger partial charge in [0.2, 0.25) is 11.8 Å². The van der Waals surface area contributed by atoms with Gasteiger partial charge in [-0.25, -0.2) is 0 Å². The molecule has 0 bridgehead atoms. The first-order valence-corrected chi connectivity index (χ1v) is 8.20. The van der Waals surface area contributed by atoms with Gasteiger partial charge < -0.3 is 4.42 Å². The summed E-state index contributed by atoms with van der Waals surface area (Å²) in [6, 6.07) is 11.6. The van der Waals surface area contributed by atoms with Crippen LogP contribution in [0.1, 0.15) is 21.9 Å². The highest BCUT2D eigenvalue weighted by Crippen LogP contribution is 2.23. The average Bonchev–Trinajstić information content (AvgIpc) is 3.11. The van der Waals surface area contributed by atoms with Crippen LogP contribution in [0.3, 0.4) is 0 Å². The number of carbonyl (C=O) groups excluding carboxylic acids is 1. The molecule has 118 valence electrons. The number of rotatable bonds is 5. The Bertz CT molecular complexity index is 811. The Morgan fingerprint density at radius 1 is 1.22 bits per heavy atom. The van der Waals surface area contributed by atoms with E-state index in [9.17, 15) is 4.79 Å². The SMILES string of the molecule is Cc1ccc(CC(=O)Nc2nnc(Cc3ccc(Cl)s3)o2)cc1. The van der Waals surface area contributed by atoms with Gasteiger partial charge in [0, 0.05) is 4.88 Å². The fourth-order valence-corrected chi connectivity index (χ4v) is 3.10. The second-order valence-corrected chi connectivity index (χ2v) is 6.89. The number of amides is 1. The van der Waals surface area contributed by atoms with Crippen molar-refractivity contribution in [2.24, 2.45) is 0 Å². The number of carbonyl (C=O) groups is 1. The summed E-state index contributed by atoms with van der Waals surface area (Å²) < 4.78 is 6.15. The van der Waals surface area contributed by atoms with Crippen molar-refractivity contribution in [2.45, 2.75) is 19.8 Å². The van der Waals surface area contributed by atoms with E-state index in [1.807, 2.05) is 43.3 Å². The van der Waals surface area contributed by atoms with Gasteiger partial charge >= 0.3 is 6.01 Å². The fraction of sp³-hybridized carbons (Fsp3) is 0.188. The van der Waals surface area contributed by atoms with Crippen molar-refractivity contribution in [3.63, 3.8) is 0 Å². The number of benzene rings is 1. The fourth-order valence-electron chi connectivity index (χ4n) is 2.03. The quantitative estimate of drug-likeness (QED) is 0.760. The summed E-state index contributed by atoms with van der Waals surface area (Å²) in [6.45, 7) is 2.00. The average molecular weight is 348 g/mol. The summed E-state index contributed by atoms with van der Waals surface area (Å²) in [6.07, 6.45) is 0.761. The molecule has 3 aromatic rings. The molecule has 0 radical (unpaired) electrons. The minimum Gasteiger partial charge on any atom is -0.407 e. The number of nitrogens with one attached hydrogen (secondary N) is 1. The zero-order valence-electron chi connectivity index (χ0n) is 12.4. The minimum absolute atomic E-state index is 0.111. The van der Waals surface area contributed by atoms with Gasteiger partial charge in [0.1, 0.15) is 0 Å². The van der Waals surface area contributed by atoms with E-state index < -0.39 is 0 Å². The Kier molecular flexibility index (Phi) is 4.73. The number of aryl methyl sites for hydroxylation is 1. The van der Waals surface area contributed by atoms with E-state index in [2.05, 4.69) is 15.5 Å². The van der Waals surface area contributed by atoms with Crippen LogP contribution in [0, 0.1) is 6.92 Å². The second kappa shape index (κ2) is 6.93.